The lowest BCUT2D eigenvalue weighted by atomic mass is 9.84. The van der Waals surface area contributed by atoms with E-state index >= 15 is 0 Å². The molecular weight excluding hydrogens is 517 g/mol. The molecule has 0 bridgehead atoms. The zero-order valence-corrected chi connectivity index (χ0v) is 24.4. The first-order valence-corrected chi connectivity index (χ1v) is 14.4. The van der Waals surface area contributed by atoms with Crippen LogP contribution in [0.25, 0.3) is 0 Å². The van der Waals surface area contributed by atoms with Crippen LogP contribution in [0.4, 0.5) is 5.69 Å². The second-order valence-corrected chi connectivity index (χ2v) is 13.8. The number of nitrogens with zero attached hydrogens (tertiary/aromatic N) is 2. The average molecular weight is 554 g/mol. The van der Waals surface area contributed by atoms with Crippen molar-refractivity contribution in [3.05, 3.63) is 34.1 Å². The van der Waals surface area contributed by atoms with Crippen molar-refractivity contribution < 1.29 is 28.5 Å². The molecule has 1 aromatic rings. The number of rotatable bonds is 7. The molecule has 2 aliphatic rings. The maximum Gasteiger partial charge on any atom is 0.348 e. The molecule has 37 heavy (non-hydrogen) atoms. The molecule has 0 fully saturated rings. The van der Waals surface area contributed by atoms with Crippen molar-refractivity contribution in [2.24, 2.45) is 15.6 Å². The summed E-state index contributed by atoms with van der Waals surface area (Å²) in [5.41, 5.74) is -0.486. The van der Waals surface area contributed by atoms with E-state index in [-0.39, 0.29) is 57.4 Å². The Morgan fingerprint density at radius 1 is 1.19 bits per heavy atom. The molecule has 0 saturated carbocycles. The van der Waals surface area contributed by atoms with Crippen molar-refractivity contribution in [3.63, 3.8) is 0 Å². The first-order chi connectivity index (χ1) is 17.0. The fourth-order valence-electron chi connectivity index (χ4n) is 4.47. The molecule has 11 heteroatoms. The minimum absolute atomic E-state index is 0.0270. The molecule has 0 saturated heterocycles. The van der Waals surface area contributed by atoms with Gasteiger partial charge in [0.25, 0.3) is 5.91 Å². The third kappa shape index (κ3) is 5.89. The number of carbonyl (C=O) groups excluding carboxylic acids is 2. The molecule has 3 rings (SSSR count). The monoisotopic (exact) mass is 553 g/mol. The van der Waals surface area contributed by atoms with Crippen LogP contribution in [0.3, 0.4) is 0 Å². The van der Waals surface area contributed by atoms with Crippen LogP contribution in [-0.2, 0) is 18.6 Å². The summed E-state index contributed by atoms with van der Waals surface area (Å²) in [4.78, 5) is 28.2. The van der Waals surface area contributed by atoms with Crippen LogP contribution in [0.15, 0.2) is 28.2 Å². The summed E-state index contributed by atoms with van der Waals surface area (Å²) in [6.45, 7) is 16.0. The molecule has 2 atom stereocenters. The van der Waals surface area contributed by atoms with Crippen LogP contribution in [0.2, 0.25) is 5.02 Å². The van der Waals surface area contributed by atoms with Crippen molar-refractivity contribution in [3.8, 4) is 0 Å². The number of nitrogens with one attached hydrogen (secondary N) is 1. The maximum atomic E-state index is 14.0. The highest BCUT2D eigenvalue weighted by atomic mass is 35.5. The minimum atomic E-state index is -3.98. The molecule has 1 aromatic carbocycles. The standard InChI is InChI=1S/C26H37ClN3O6P/c1-9-35-24(33)16-13-15(27)14-17-19(16)28-22(29-37(17,34)36-10-2)18-20(31)21(26(6,7)8)30(23(18)32)12-11-25(3,4)5/h13-14,21,31H,9-12H2,1-8H3,(H,28,29,34)/t21-,37?/m1/s1. The Morgan fingerprint density at radius 2 is 1.84 bits per heavy atom. The van der Waals surface area contributed by atoms with E-state index in [0.29, 0.717) is 13.0 Å². The van der Waals surface area contributed by atoms with Crippen LogP contribution in [0, 0.1) is 10.8 Å². The number of anilines is 1. The third-order valence-electron chi connectivity index (χ3n) is 6.12. The minimum Gasteiger partial charge on any atom is -0.509 e. The predicted octanol–water partition coefficient (Wildman–Crippen LogP) is 5.70. The van der Waals surface area contributed by atoms with E-state index < -0.39 is 30.9 Å². The Balaban J connectivity index is 2.19. The smallest absolute Gasteiger partial charge is 0.348 e. The molecule has 2 N–H and O–H groups in total. The fourth-order valence-corrected chi connectivity index (χ4v) is 6.60. The summed E-state index contributed by atoms with van der Waals surface area (Å²) >= 11 is 6.25. The zero-order chi connectivity index (χ0) is 27.9. The van der Waals surface area contributed by atoms with Crippen LogP contribution >= 0.6 is 19.1 Å². The molecule has 0 aromatic heterocycles. The first kappa shape index (κ1) is 29.2. The quantitative estimate of drug-likeness (QED) is 0.328. The van der Waals surface area contributed by atoms with Gasteiger partial charge in [-0.15, -0.1) is 0 Å². The Kier molecular flexibility index (Phi) is 8.23. The van der Waals surface area contributed by atoms with Crippen LogP contribution in [0.1, 0.15) is 72.2 Å². The van der Waals surface area contributed by atoms with Crippen molar-refractivity contribution in [1.29, 1.82) is 0 Å². The van der Waals surface area contributed by atoms with Crippen LogP contribution < -0.4 is 10.6 Å². The van der Waals surface area contributed by atoms with Gasteiger partial charge in [-0.25, -0.2) is 4.79 Å². The van der Waals surface area contributed by atoms with Gasteiger partial charge in [0.15, 0.2) is 5.84 Å². The number of amidine groups is 1. The summed E-state index contributed by atoms with van der Waals surface area (Å²) < 4.78 is 29.2. The Bertz CT molecular complexity index is 1210. The first-order valence-electron chi connectivity index (χ1n) is 12.4. The number of hydrogen-bond acceptors (Lipinski definition) is 7. The molecule has 0 aliphatic carbocycles. The number of ether oxygens (including phenoxy) is 1. The molecular formula is C26H37ClN3O6P. The van der Waals surface area contributed by atoms with Gasteiger partial charge in [-0.05, 0) is 43.2 Å². The van der Waals surface area contributed by atoms with Crippen LogP contribution in [-0.4, -0.2) is 53.5 Å². The highest BCUT2D eigenvalue weighted by Crippen LogP contribution is 2.53. The van der Waals surface area contributed by atoms with Gasteiger partial charge in [-0.2, -0.15) is 4.76 Å². The Hall–Kier alpha value is -2.35. The maximum absolute atomic E-state index is 14.0. The largest absolute Gasteiger partial charge is 0.509 e. The summed E-state index contributed by atoms with van der Waals surface area (Å²) in [7, 11) is -3.98. The van der Waals surface area contributed by atoms with E-state index in [4.69, 9.17) is 20.9 Å². The van der Waals surface area contributed by atoms with E-state index in [1.807, 2.05) is 20.8 Å². The summed E-state index contributed by atoms with van der Waals surface area (Å²) in [6.07, 6.45) is 0.706. The topological polar surface area (TPSA) is 118 Å². The number of halogens is 1. The van der Waals surface area contributed by atoms with E-state index in [2.05, 4.69) is 30.9 Å². The highest BCUT2D eigenvalue weighted by Gasteiger charge is 2.49. The van der Waals surface area contributed by atoms with Gasteiger partial charge < -0.3 is 24.6 Å². The van der Waals surface area contributed by atoms with Gasteiger partial charge >= 0.3 is 13.5 Å². The number of aliphatic hydroxyl groups is 1. The van der Waals surface area contributed by atoms with Gasteiger partial charge in [0, 0.05) is 11.6 Å². The molecule has 0 radical (unpaired) electrons. The summed E-state index contributed by atoms with van der Waals surface area (Å²) in [5, 5.41) is 14.6. The SMILES string of the molecule is CCOC(=O)c1cc(Cl)cc2c1NC(C1=C(O)[C@H](C(C)(C)C)N(CCC(C)(C)C)C1=O)=NP2(=O)OCC. The third-order valence-corrected chi connectivity index (χ3v) is 8.37. The summed E-state index contributed by atoms with van der Waals surface area (Å²) in [5.74, 6) is -1.41. The number of hydrogen-bond donors (Lipinski definition) is 2. The van der Waals surface area contributed by atoms with Crippen molar-refractivity contribution in [2.45, 2.75) is 67.9 Å². The van der Waals surface area contributed by atoms with E-state index in [9.17, 15) is 19.3 Å². The number of esters is 1. The van der Waals surface area contributed by atoms with Gasteiger partial charge in [0.05, 0.1) is 35.8 Å². The number of fused-ring (bicyclic) bond motifs is 1. The fraction of sp³-hybridized carbons (Fsp3) is 0.577. The van der Waals surface area contributed by atoms with Gasteiger partial charge in [-0.1, -0.05) is 53.1 Å². The Morgan fingerprint density at radius 3 is 2.38 bits per heavy atom. The van der Waals surface area contributed by atoms with Gasteiger partial charge in [0.2, 0.25) is 0 Å². The zero-order valence-electron chi connectivity index (χ0n) is 22.8. The molecule has 204 valence electrons. The molecule has 0 spiro atoms. The van der Waals surface area contributed by atoms with Gasteiger partial charge in [-0.3, -0.25) is 9.36 Å². The van der Waals surface area contributed by atoms with Crippen molar-refractivity contribution in [2.75, 3.05) is 25.1 Å². The molecule has 2 heterocycles. The number of benzene rings is 1. The molecule has 1 amide bonds. The predicted molar refractivity (Wildman–Crippen MR) is 146 cm³/mol. The highest BCUT2D eigenvalue weighted by molar-refractivity contribution is 7.66. The number of carbonyl (C=O) groups is 2. The van der Waals surface area contributed by atoms with Crippen LogP contribution in [0.5, 0.6) is 0 Å². The summed E-state index contributed by atoms with van der Waals surface area (Å²) in [6, 6.07) is 2.19. The number of aliphatic hydroxyl groups excluding tert-OH is 1. The average Bonchev–Trinajstić information content (AvgIpc) is 3.01. The molecule has 2 aliphatic heterocycles. The van der Waals surface area contributed by atoms with E-state index in [1.54, 1.807) is 18.7 Å². The molecule has 1 unspecified atom stereocenters. The Labute approximate surface area is 223 Å². The van der Waals surface area contributed by atoms with Crippen molar-refractivity contribution in [1.82, 2.24) is 4.90 Å². The van der Waals surface area contributed by atoms with Crippen molar-refractivity contribution >= 4 is 47.8 Å². The lowest BCUT2D eigenvalue weighted by molar-refractivity contribution is -0.128. The lowest BCUT2D eigenvalue weighted by Gasteiger charge is -2.36. The van der Waals surface area contributed by atoms with E-state index in [0.717, 1.165) is 0 Å². The second-order valence-electron chi connectivity index (χ2n) is 11.4. The van der Waals surface area contributed by atoms with Gasteiger partial charge in [0.1, 0.15) is 11.3 Å². The second kappa shape index (κ2) is 10.4. The lowest BCUT2D eigenvalue weighted by Crippen LogP contribution is -2.45. The normalized spacial score (nSPS) is 22.1. The molecule has 9 nitrogen and oxygen atoms in total. The number of amides is 1. The van der Waals surface area contributed by atoms with E-state index in [1.165, 1.54) is 12.1 Å².